The fraction of sp³-hybridized carbons (Fsp3) is 0.448. The van der Waals surface area contributed by atoms with Crippen LogP contribution in [0.4, 0.5) is 5.69 Å². The molecule has 5 rings (SSSR count). The van der Waals surface area contributed by atoms with Crippen molar-refractivity contribution < 1.29 is 9.66 Å². The fourth-order valence-electron chi connectivity index (χ4n) is 6.31. The van der Waals surface area contributed by atoms with E-state index in [2.05, 4.69) is 27.3 Å². The highest BCUT2D eigenvalue weighted by molar-refractivity contribution is 5.85. The van der Waals surface area contributed by atoms with Crippen LogP contribution in [0, 0.1) is 35.3 Å². The molecular formula is C29H33N5O3. The van der Waals surface area contributed by atoms with Gasteiger partial charge in [0.15, 0.2) is 0 Å². The summed E-state index contributed by atoms with van der Waals surface area (Å²) in [6.45, 7) is 5.31. The van der Waals surface area contributed by atoms with E-state index in [1.54, 1.807) is 19.4 Å². The Balaban J connectivity index is 1.26. The molecule has 2 bridgehead atoms. The summed E-state index contributed by atoms with van der Waals surface area (Å²) in [7, 11) is 1.65. The summed E-state index contributed by atoms with van der Waals surface area (Å²) in [6.07, 6.45) is 7.00. The second-order valence-corrected chi connectivity index (χ2v) is 10.4. The van der Waals surface area contributed by atoms with E-state index < -0.39 is 0 Å². The average molecular weight is 500 g/mol. The van der Waals surface area contributed by atoms with Crippen LogP contribution < -0.4 is 10.1 Å². The quantitative estimate of drug-likeness (QED) is 0.345. The molecule has 8 heteroatoms. The van der Waals surface area contributed by atoms with Crippen molar-refractivity contribution in [3.63, 3.8) is 0 Å². The molecule has 1 N–H and O–H groups in total. The lowest BCUT2D eigenvalue weighted by Gasteiger charge is -2.39. The first kappa shape index (κ1) is 25.1. The van der Waals surface area contributed by atoms with Crippen LogP contribution in [0.25, 0.3) is 10.9 Å². The van der Waals surface area contributed by atoms with Crippen molar-refractivity contribution in [3.05, 3.63) is 74.5 Å². The summed E-state index contributed by atoms with van der Waals surface area (Å²) in [5.41, 5.74) is 5.43. The van der Waals surface area contributed by atoms with Gasteiger partial charge in [-0.3, -0.25) is 20.0 Å². The van der Waals surface area contributed by atoms with Gasteiger partial charge in [0, 0.05) is 54.4 Å². The van der Waals surface area contributed by atoms with Gasteiger partial charge in [-0.1, -0.05) is 6.07 Å². The van der Waals surface area contributed by atoms with Crippen LogP contribution in [0.3, 0.4) is 0 Å². The summed E-state index contributed by atoms with van der Waals surface area (Å²) in [5.74, 6) is 0.770. The molecule has 0 radical (unpaired) electrons. The zero-order chi connectivity index (χ0) is 26.1. The van der Waals surface area contributed by atoms with Crippen molar-refractivity contribution in [3.8, 4) is 11.8 Å². The molecule has 0 spiro atoms. The lowest BCUT2D eigenvalue weighted by Crippen LogP contribution is -2.49. The minimum atomic E-state index is -0.287. The number of nitriles is 1. The molecule has 2 aliphatic heterocycles. The number of aryl methyl sites for hydroxylation is 1. The Hall–Kier alpha value is -3.54. The summed E-state index contributed by atoms with van der Waals surface area (Å²) in [5, 5.41) is 25.9. The predicted octanol–water partition coefficient (Wildman–Crippen LogP) is 4.97. The Labute approximate surface area is 217 Å². The third-order valence-electron chi connectivity index (χ3n) is 8.22. The van der Waals surface area contributed by atoms with E-state index >= 15 is 0 Å². The van der Waals surface area contributed by atoms with Crippen molar-refractivity contribution in [1.82, 2.24) is 15.2 Å². The van der Waals surface area contributed by atoms with Crippen molar-refractivity contribution in [2.45, 2.75) is 70.6 Å². The number of fused-ring (bicyclic) bond motifs is 3. The van der Waals surface area contributed by atoms with E-state index in [1.165, 1.54) is 12.8 Å². The number of methoxy groups -OCH3 is 1. The monoisotopic (exact) mass is 499 g/mol. The van der Waals surface area contributed by atoms with Gasteiger partial charge in [-0.25, -0.2) is 0 Å². The molecule has 2 aliphatic rings. The number of pyridine rings is 1. The molecule has 1 unspecified atom stereocenters. The van der Waals surface area contributed by atoms with E-state index in [4.69, 9.17) is 4.74 Å². The molecule has 0 aliphatic carbocycles. The number of benzene rings is 2. The van der Waals surface area contributed by atoms with Crippen molar-refractivity contribution in [2.24, 2.45) is 0 Å². The number of aromatic nitrogens is 1. The minimum absolute atomic E-state index is 0.199. The molecule has 8 nitrogen and oxygen atoms in total. The molecule has 2 aromatic carbocycles. The zero-order valence-corrected chi connectivity index (χ0v) is 21.7. The topological polar surface area (TPSA) is 104 Å². The first-order valence-electron chi connectivity index (χ1n) is 13.0. The highest BCUT2D eigenvalue weighted by Crippen LogP contribution is 2.37. The smallest absolute Gasteiger partial charge is 0.272 e. The van der Waals surface area contributed by atoms with Gasteiger partial charge >= 0.3 is 0 Å². The summed E-state index contributed by atoms with van der Waals surface area (Å²) >= 11 is 0. The predicted molar refractivity (Wildman–Crippen MR) is 143 cm³/mol. The number of hydrogen-bond donors (Lipinski definition) is 1. The van der Waals surface area contributed by atoms with Gasteiger partial charge in [0.25, 0.3) is 5.69 Å². The second kappa shape index (κ2) is 10.4. The van der Waals surface area contributed by atoms with Crippen LogP contribution in [-0.4, -0.2) is 46.6 Å². The van der Waals surface area contributed by atoms with E-state index in [-0.39, 0.29) is 10.6 Å². The molecule has 3 heterocycles. The Morgan fingerprint density at radius 1 is 1.22 bits per heavy atom. The number of nitrogens with zero attached hydrogens (tertiary/aromatic N) is 4. The van der Waals surface area contributed by atoms with Crippen molar-refractivity contribution in [2.75, 3.05) is 13.7 Å². The van der Waals surface area contributed by atoms with Gasteiger partial charge in [-0.2, -0.15) is 5.26 Å². The number of ether oxygens (including phenoxy) is 1. The third kappa shape index (κ3) is 5.02. The van der Waals surface area contributed by atoms with Crippen LogP contribution in [0.1, 0.15) is 53.5 Å². The maximum Gasteiger partial charge on any atom is 0.272 e. The van der Waals surface area contributed by atoms with Crippen molar-refractivity contribution >= 4 is 16.6 Å². The van der Waals surface area contributed by atoms with Gasteiger partial charge in [-0.15, -0.1) is 0 Å². The number of nitro benzene ring substituents is 1. The molecular weight excluding hydrogens is 466 g/mol. The summed E-state index contributed by atoms with van der Waals surface area (Å²) in [4.78, 5) is 18.2. The molecule has 3 aromatic rings. The average Bonchev–Trinajstić information content (AvgIpc) is 3.13. The lowest BCUT2D eigenvalue weighted by atomic mass is 9.95. The normalized spacial score (nSPS) is 21.2. The van der Waals surface area contributed by atoms with E-state index in [0.29, 0.717) is 30.2 Å². The molecule has 3 atom stereocenters. The Bertz CT molecular complexity index is 1370. The molecule has 0 saturated carbocycles. The maximum absolute atomic E-state index is 11.4. The van der Waals surface area contributed by atoms with Gasteiger partial charge in [0.2, 0.25) is 0 Å². The minimum Gasteiger partial charge on any atom is -0.497 e. The first-order chi connectivity index (χ1) is 17.9. The second-order valence-electron chi connectivity index (χ2n) is 10.4. The van der Waals surface area contributed by atoms with Crippen LogP contribution >= 0.6 is 0 Å². The fourth-order valence-corrected chi connectivity index (χ4v) is 6.31. The lowest BCUT2D eigenvalue weighted by molar-refractivity contribution is -0.385. The first-order valence-corrected chi connectivity index (χ1v) is 13.0. The van der Waals surface area contributed by atoms with E-state index in [9.17, 15) is 15.4 Å². The third-order valence-corrected chi connectivity index (χ3v) is 8.22. The highest BCUT2D eigenvalue weighted by Gasteiger charge is 2.40. The van der Waals surface area contributed by atoms with Crippen LogP contribution in [0.2, 0.25) is 0 Å². The van der Waals surface area contributed by atoms with Crippen LogP contribution in [-0.2, 0) is 13.0 Å². The number of hydrogen-bond acceptors (Lipinski definition) is 7. The molecule has 192 valence electrons. The molecule has 1 aromatic heterocycles. The van der Waals surface area contributed by atoms with E-state index in [1.807, 2.05) is 32.0 Å². The number of nitrogens with one attached hydrogen (secondary N) is 1. The summed E-state index contributed by atoms with van der Waals surface area (Å²) < 4.78 is 5.43. The van der Waals surface area contributed by atoms with E-state index in [0.717, 1.165) is 64.7 Å². The standard InChI is InChI=1S/C29H33N5O3/c1-18-10-20(19(2)29(11-18)34(35)36)16-31-22-12-23-4-5-24(13-22)33(23)9-8-26-21(15-30)17-32-28-7-6-25(37-3)14-27(26)28/h6-7,10-11,14,17,22-24,31H,4-5,8-9,12-13,16H2,1-3H3/t22?,23-,24+. The highest BCUT2D eigenvalue weighted by atomic mass is 16.6. The largest absolute Gasteiger partial charge is 0.497 e. The number of nitro groups is 1. The zero-order valence-electron chi connectivity index (χ0n) is 21.7. The molecule has 2 saturated heterocycles. The van der Waals surface area contributed by atoms with Crippen LogP contribution in [0.15, 0.2) is 36.5 Å². The Morgan fingerprint density at radius 3 is 2.65 bits per heavy atom. The molecule has 2 fully saturated rings. The number of rotatable bonds is 8. The van der Waals surface area contributed by atoms with Gasteiger partial charge in [-0.05, 0) is 80.8 Å². The van der Waals surface area contributed by atoms with Gasteiger partial charge < -0.3 is 10.1 Å². The Kier molecular flexibility index (Phi) is 7.09. The summed E-state index contributed by atoms with van der Waals surface area (Å²) in [6, 6.07) is 13.3. The Morgan fingerprint density at radius 2 is 1.97 bits per heavy atom. The molecule has 37 heavy (non-hydrogen) atoms. The van der Waals surface area contributed by atoms with Crippen LogP contribution in [0.5, 0.6) is 5.75 Å². The molecule has 0 amide bonds. The number of piperidine rings is 1. The SMILES string of the molecule is COc1ccc2ncc(C#N)c(CCN3[C@@H]4CC[C@H]3CC(NCc3cc(C)cc([N+](=O)[O-])c3C)C4)c2c1. The van der Waals surface area contributed by atoms with Gasteiger partial charge in [0.05, 0.1) is 23.1 Å². The van der Waals surface area contributed by atoms with Gasteiger partial charge in [0.1, 0.15) is 11.8 Å². The maximum atomic E-state index is 11.4. The van der Waals surface area contributed by atoms with Crippen molar-refractivity contribution in [1.29, 1.82) is 5.26 Å².